The van der Waals surface area contributed by atoms with Gasteiger partial charge in [-0.1, -0.05) is 0 Å². The number of ether oxygens (including phenoxy) is 1. The van der Waals surface area contributed by atoms with E-state index in [0.717, 1.165) is 25.5 Å². The predicted octanol–water partition coefficient (Wildman–Crippen LogP) is 1.14. The highest BCUT2D eigenvalue weighted by Gasteiger charge is 2.34. The van der Waals surface area contributed by atoms with Crippen molar-refractivity contribution in [2.45, 2.75) is 32.7 Å². The number of carbonyl (C=O) groups is 2. The van der Waals surface area contributed by atoms with E-state index in [0.29, 0.717) is 31.6 Å². The van der Waals surface area contributed by atoms with Crippen LogP contribution >= 0.6 is 0 Å². The number of piperazine rings is 1. The monoisotopic (exact) mass is 320 g/mol. The number of carbonyl (C=O) groups excluding carboxylic acids is 2. The minimum atomic E-state index is -0.152. The number of aromatic nitrogens is 2. The lowest BCUT2D eigenvalue weighted by molar-refractivity contribution is -0.143. The second-order valence-electron chi connectivity index (χ2n) is 6.19. The summed E-state index contributed by atoms with van der Waals surface area (Å²) >= 11 is 0. The van der Waals surface area contributed by atoms with Crippen LogP contribution in [0.3, 0.4) is 0 Å². The van der Waals surface area contributed by atoms with E-state index in [-0.39, 0.29) is 11.5 Å². The molecule has 1 saturated heterocycles. The molecule has 0 saturated carbocycles. The third kappa shape index (κ3) is 4.48. The normalized spacial score (nSPS) is 17.8. The first-order chi connectivity index (χ1) is 11.0. The van der Waals surface area contributed by atoms with Crippen LogP contribution in [0.25, 0.3) is 0 Å². The van der Waals surface area contributed by atoms with Crippen LogP contribution in [0.5, 0.6) is 0 Å². The Balaban J connectivity index is 1.95. The summed E-state index contributed by atoms with van der Waals surface area (Å²) in [6, 6.07) is 0. The molecule has 0 bridgehead atoms. The molecule has 2 rings (SSSR count). The molecule has 0 unspecified atom stereocenters. The van der Waals surface area contributed by atoms with Gasteiger partial charge in [-0.15, -0.1) is 0 Å². The molecular weight excluding hydrogens is 296 g/mol. The summed E-state index contributed by atoms with van der Waals surface area (Å²) in [7, 11) is 0. The molecule has 0 aliphatic carbocycles. The van der Waals surface area contributed by atoms with Crippen LogP contribution in [0.4, 0.5) is 5.82 Å². The average Bonchev–Trinajstić information content (AvgIpc) is 2.53. The lowest BCUT2D eigenvalue weighted by atomic mass is 9.98. The van der Waals surface area contributed by atoms with Gasteiger partial charge < -0.3 is 9.64 Å². The third-order valence-electron chi connectivity index (χ3n) is 4.07. The quantitative estimate of drug-likeness (QED) is 0.575. The number of hydrogen-bond acceptors (Lipinski definition) is 7. The number of anilines is 1. The molecule has 1 aliphatic rings. The minimum absolute atomic E-state index is 0.0875. The lowest BCUT2D eigenvalue weighted by Gasteiger charge is -2.47. The molecule has 0 radical (unpaired) electrons. The second-order valence-corrected chi connectivity index (χ2v) is 6.19. The van der Waals surface area contributed by atoms with Crippen LogP contribution in [0, 0.1) is 0 Å². The van der Waals surface area contributed by atoms with Gasteiger partial charge in [0.05, 0.1) is 25.4 Å². The van der Waals surface area contributed by atoms with E-state index in [1.165, 1.54) is 6.20 Å². The van der Waals surface area contributed by atoms with Gasteiger partial charge >= 0.3 is 5.97 Å². The Morgan fingerprint density at radius 2 is 2.13 bits per heavy atom. The summed E-state index contributed by atoms with van der Waals surface area (Å²) in [6.07, 6.45) is 4.22. The molecule has 1 aromatic heterocycles. The number of aldehydes is 1. The fourth-order valence-corrected chi connectivity index (χ4v) is 2.82. The lowest BCUT2D eigenvalue weighted by Crippen LogP contribution is -2.59. The van der Waals surface area contributed by atoms with Gasteiger partial charge in [0.1, 0.15) is 11.5 Å². The van der Waals surface area contributed by atoms with E-state index >= 15 is 0 Å². The molecule has 7 nitrogen and oxygen atoms in total. The van der Waals surface area contributed by atoms with E-state index in [1.807, 2.05) is 6.92 Å². The Labute approximate surface area is 136 Å². The Morgan fingerprint density at radius 3 is 2.70 bits per heavy atom. The second kappa shape index (κ2) is 7.50. The smallest absolute Gasteiger partial charge is 0.307 e. The van der Waals surface area contributed by atoms with Gasteiger partial charge in [-0.3, -0.25) is 14.5 Å². The number of rotatable bonds is 6. The molecule has 0 N–H and O–H groups in total. The molecule has 1 aromatic rings. The van der Waals surface area contributed by atoms with Crippen molar-refractivity contribution >= 4 is 18.1 Å². The average molecular weight is 320 g/mol. The van der Waals surface area contributed by atoms with Gasteiger partial charge in [0.25, 0.3) is 0 Å². The SMILES string of the molecule is CCOC(=O)CCN1CCN(c2cnc(C=O)cn2)CC1(C)C. The standard InChI is InChI=1S/C16H24N4O3/c1-4-23-15(22)5-6-20-8-7-19(12-16(20,2)3)14-10-17-13(11-21)9-18-14/h9-11H,4-8,12H2,1-3H3. The molecule has 126 valence electrons. The van der Waals surface area contributed by atoms with Crippen molar-refractivity contribution in [2.24, 2.45) is 0 Å². The summed E-state index contributed by atoms with van der Waals surface area (Å²) in [5, 5.41) is 0. The minimum Gasteiger partial charge on any atom is -0.466 e. The maximum Gasteiger partial charge on any atom is 0.307 e. The van der Waals surface area contributed by atoms with Gasteiger partial charge in [0.2, 0.25) is 0 Å². The molecule has 23 heavy (non-hydrogen) atoms. The van der Waals surface area contributed by atoms with Crippen LogP contribution in [-0.2, 0) is 9.53 Å². The molecule has 2 heterocycles. The first kappa shape index (κ1) is 17.3. The van der Waals surface area contributed by atoms with Gasteiger partial charge in [-0.25, -0.2) is 9.97 Å². The van der Waals surface area contributed by atoms with Crippen LogP contribution in [0.2, 0.25) is 0 Å². The topological polar surface area (TPSA) is 75.6 Å². The maximum absolute atomic E-state index is 11.5. The van der Waals surface area contributed by atoms with Crippen molar-refractivity contribution in [1.29, 1.82) is 0 Å². The molecule has 7 heteroatoms. The van der Waals surface area contributed by atoms with Crippen molar-refractivity contribution in [3.8, 4) is 0 Å². The molecule has 0 atom stereocenters. The molecule has 1 aliphatic heterocycles. The molecule has 1 fully saturated rings. The number of nitrogens with zero attached hydrogens (tertiary/aromatic N) is 4. The van der Waals surface area contributed by atoms with Crippen molar-refractivity contribution in [3.63, 3.8) is 0 Å². The first-order valence-electron chi connectivity index (χ1n) is 7.89. The van der Waals surface area contributed by atoms with Crippen molar-refractivity contribution in [3.05, 3.63) is 18.1 Å². The van der Waals surface area contributed by atoms with Crippen LogP contribution < -0.4 is 4.90 Å². The Kier molecular flexibility index (Phi) is 5.65. The van der Waals surface area contributed by atoms with Gasteiger partial charge in [0, 0.05) is 31.7 Å². The highest BCUT2D eigenvalue weighted by Crippen LogP contribution is 2.24. The number of esters is 1. The molecule has 0 amide bonds. The number of hydrogen-bond donors (Lipinski definition) is 0. The van der Waals surface area contributed by atoms with E-state index in [1.54, 1.807) is 6.20 Å². The fourth-order valence-electron chi connectivity index (χ4n) is 2.82. The third-order valence-corrected chi connectivity index (χ3v) is 4.07. The van der Waals surface area contributed by atoms with Crippen LogP contribution in [0.15, 0.2) is 12.4 Å². The summed E-state index contributed by atoms with van der Waals surface area (Å²) in [6.45, 7) is 9.66. The Bertz CT molecular complexity index is 545. The van der Waals surface area contributed by atoms with E-state index < -0.39 is 0 Å². The maximum atomic E-state index is 11.5. The summed E-state index contributed by atoms with van der Waals surface area (Å²) in [5.41, 5.74) is 0.247. The molecule has 0 aromatic carbocycles. The van der Waals surface area contributed by atoms with Gasteiger partial charge in [-0.2, -0.15) is 0 Å². The van der Waals surface area contributed by atoms with E-state index in [9.17, 15) is 9.59 Å². The summed E-state index contributed by atoms with van der Waals surface area (Å²) in [5.74, 6) is 0.620. The summed E-state index contributed by atoms with van der Waals surface area (Å²) in [4.78, 5) is 35.0. The van der Waals surface area contributed by atoms with Crippen LogP contribution in [-0.4, -0.2) is 65.4 Å². The first-order valence-corrected chi connectivity index (χ1v) is 7.89. The van der Waals surface area contributed by atoms with Crippen molar-refractivity contribution in [2.75, 3.05) is 37.7 Å². The molecule has 0 spiro atoms. The predicted molar refractivity (Wildman–Crippen MR) is 86.5 cm³/mol. The van der Waals surface area contributed by atoms with E-state index in [2.05, 4.69) is 33.6 Å². The zero-order valence-electron chi connectivity index (χ0n) is 14.0. The Hall–Kier alpha value is -2.02. The van der Waals surface area contributed by atoms with Gasteiger partial charge in [0.15, 0.2) is 6.29 Å². The van der Waals surface area contributed by atoms with Crippen molar-refractivity contribution < 1.29 is 14.3 Å². The summed E-state index contributed by atoms with van der Waals surface area (Å²) < 4.78 is 4.99. The molecular formula is C16H24N4O3. The zero-order valence-corrected chi connectivity index (χ0v) is 14.0. The largest absolute Gasteiger partial charge is 0.466 e. The van der Waals surface area contributed by atoms with Crippen LogP contribution in [0.1, 0.15) is 37.7 Å². The zero-order chi connectivity index (χ0) is 16.9. The van der Waals surface area contributed by atoms with Crippen molar-refractivity contribution in [1.82, 2.24) is 14.9 Å². The van der Waals surface area contributed by atoms with E-state index in [4.69, 9.17) is 4.74 Å². The van der Waals surface area contributed by atoms with Gasteiger partial charge in [-0.05, 0) is 20.8 Å². The fraction of sp³-hybridized carbons (Fsp3) is 0.625. The highest BCUT2D eigenvalue weighted by atomic mass is 16.5. The highest BCUT2D eigenvalue weighted by molar-refractivity contribution is 5.71. The Morgan fingerprint density at radius 1 is 1.35 bits per heavy atom.